The molecule has 1 unspecified atom stereocenters. The first kappa shape index (κ1) is 4.54. The molecule has 0 saturated heterocycles. The van der Waals surface area contributed by atoms with Gasteiger partial charge in [0.15, 0.2) is 0 Å². The van der Waals surface area contributed by atoms with Crippen molar-refractivity contribution in [2.45, 2.75) is 13.8 Å². The highest BCUT2D eigenvalue weighted by Gasteiger charge is 2.58. The molecule has 0 aromatic carbocycles. The van der Waals surface area contributed by atoms with Crippen LogP contribution in [0.15, 0.2) is 4.99 Å². The van der Waals surface area contributed by atoms with Crippen molar-refractivity contribution in [2.24, 2.45) is 22.2 Å². The smallest absolute Gasteiger partial charge is 0.0425 e. The van der Waals surface area contributed by atoms with Crippen molar-refractivity contribution in [1.82, 2.24) is 0 Å². The average molecular weight is 109 g/mol. The van der Waals surface area contributed by atoms with E-state index >= 15 is 0 Å². The SMILES string of the molecule is CC1(C)C2CN=C[C@@H]21. The third kappa shape index (κ3) is 0.320. The van der Waals surface area contributed by atoms with E-state index in [1.165, 1.54) is 0 Å². The molecule has 44 valence electrons. The molecule has 0 bridgehead atoms. The van der Waals surface area contributed by atoms with Gasteiger partial charge in [-0.2, -0.15) is 0 Å². The fraction of sp³-hybridized carbons (Fsp3) is 0.857. The van der Waals surface area contributed by atoms with Crippen LogP contribution in [0.3, 0.4) is 0 Å². The van der Waals surface area contributed by atoms with E-state index in [2.05, 4.69) is 25.1 Å². The van der Waals surface area contributed by atoms with Crippen LogP contribution >= 0.6 is 0 Å². The molecule has 2 rings (SSSR count). The van der Waals surface area contributed by atoms with E-state index in [0.717, 1.165) is 18.4 Å². The monoisotopic (exact) mass is 109 g/mol. The van der Waals surface area contributed by atoms with Crippen LogP contribution in [0.25, 0.3) is 0 Å². The van der Waals surface area contributed by atoms with E-state index in [1.807, 2.05) is 0 Å². The molecule has 0 amide bonds. The molecular weight excluding hydrogens is 98.1 g/mol. The summed E-state index contributed by atoms with van der Waals surface area (Å²) in [7, 11) is 0. The van der Waals surface area contributed by atoms with Crippen molar-refractivity contribution >= 4 is 6.21 Å². The fourth-order valence-electron chi connectivity index (χ4n) is 1.72. The number of fused-ring (bicyclic) bond motifs is 1. The summed E-state index contributed by atoms with van der Waals surface area (Å²) in [6, 6.07) is 0. The third-order valence-corrected chi connectivity index (χ3v) is 2.71. The molecular formula is C7H11N. The third-order valence-electron chi connectivity index (χ3n) is 2.71. The lowest BCUT2D eigenvalue weighted by molar-refractivity contribution is 0.552. The Kier molecular flexibility index (Phi) is 0.565. The molecule has 0 N–H and O–H groups in total. The minimum absolute atomic E-state index is 0.613. The Balaban J connectivity index is 2.24. The average Bonchev–Trinajstić information content (AvgIpc) is 2.22. The summed E-state index contributed by atoms with van der Waals surface area (Å²) >= 11 is 0. The van der Waals surface area contributed by atoms with Crippen molar-refractivity contribution < 1.29 is 0 Å². The highest BCUT2D eigenvalue weighted by molar-refractivity contribution is 5.70. The first-order valence-electron chi connectivity index (χ1n) is 3.23. The van der Waals surface area contributed by atoms with Crippen LogP contribution in [0, 0.1) is 17.3 Å². The van der Waals surface area contributed by atoms with Gasteiger partial charge in [-0.25, -0.2) is 0 Å². The lowest BCUT2D eigenvalue weighted by Gasteiger charge is -2.00. The molecule has 1 heteroatoms. The summed E-state index contributed by atoms with van der Waals surface area (Å²) in [6.07, 6.45) is 2.13. The summed E-state index contributed by atoms with van der Waals surface area (Å²) < 4.78 is 0. The van der Waals surface area contributed by atoms with E-state index in [1.54, 1.807) is 0 Å². The first-order chi connectivity index (χ1) is 3.73. The van der Waals surface area contributed by atoms with Gasteiger partial charge in [0.05, 0.1) is 0 Å². The molecule has 0 aromatic rings. The van der Waals surface area contributed by atoms with E-state index in [4.69, 9.17) is 0 Å². The maximum absolute atomic E-state index is 4.18. The lowest BCUT2D eigenvalue weighted by Crippen LogP contribution is -1.96. The van der Waals surface area contributed by atoms with Gasteiger partial charge >= 0.3 is 0 Å². The maximum Gasteiger partial charge on any atom is 0.0425 e. The molecule has 1 aliphatic carbocycles. The molecule has 0 radical (unpaired) electrons. The van der Waals surface area contributed by atoms with Gasteiger partial charge < -0.3 is 0 Å². The molecule has 0 aromatic heterocycles. The molecule has 1 saturated carbocycles. The van der Waals surface area contributed by atoms with Crippen LogP contribution in [0.5, 0.6) is 0 Å². The number of nitrogens with zero attached hydrogens (tertiary/aromatic N) is 1. The predicted molar refractivity (Wildman–Crippen MR) is 34.1 cm³/mol. The van der Waals surface area contributed by atoms with Crippen molar-refractivity contribution in [1.29, 1.82) is 0 Å². The first-order valence-corrected chi connectivity index (χ1v) is 3.23. The quantitative estimate of drug-likeness (QED) is 0.445. The Labute approximate surface area is 49.8 Å². The van der Waals surface area contributed by atoms with Gasteiger partial charge in [-0.15, -0.1) is 0 Å². The van der Waals surface area contributed by atoms with Gasteiger partial charge in [-0.05, 0) is 11.3 Å². The van der Waals surface area contributed by atoms with Crippen LogP contribution in [-0.4, -0.2) is 12.8 Å². The zero-order valence-electron chi connectivity index (χ0n) is 5.39. The van der Waals surface area contributed by atoms with Gasteiger partial charge in [0.25, 0.3) is 0 Å². The Bertz CT molecular complexity index is 146. The summed E-state index contributed by atoms with van der Waals surface area (Å²) in [5.74, 6) is 1.74. The van der Waals surface area contributed by atoms with Gasteiger partial charge in [0.1, 0.15) is 0 Å². The summed E-state index contributed by atoms with van der Waals surface area (Å²) in [5, 5.41) is 0. The second-order valence-electron chi connectivity index (χ2n) is 3.47. The van der Waals surface area contributed by atoms with E-state index in [-0.39, 0.29) is 0 Å². The second-order valence-corrected chi connectivity index (χ2v) is 3.47. The van der Waals surface area contributed by atoms with Crippen molar-refractivity contribution in [3.8, 4) is 0 Å². The zero-order chi connectivity index (χ0) is 5.78. The fourth-order valence-corrected chi connectivity index (χ4v) is 1.72. The Hall–Kier alpha value is -0.330. The second kappa shape index (κ2) is 0.996. The molecule has 1 fully saturated rings. The van der Waals surface area contributed by atoms with E-state index < -0.39 is 0 Å². The molecule has 1 aliphatic heterocycles. The van der Waals surface area contributed by atoms with Gasteiger partial charge in [-0.1, -0.05) is 13.8 Å². The molecule has 2 atom stereocenters. The number of aliphatic imine (C=N–C) groups is 1. The standard InChI is InChI=1S/C7H11N/c1-7(2)5-3-8-4-6(5)7/h3,5-6H,4H2,1-2H3/t5-,6?/m0/s1. The minimum atomic E-state index is 0.613. The Morgan fingerprint density at radius 2 is 2.38 bits per heavy atom. The minimum Gasteiger partial charge on any atom is -0.297 e. The highest BCUT2D eigenvalue weighted by Crippen LogP contribution is 2.59. The highest BCUT2D eigenvalue weighted by atomic mass is 14.9. The summed E-state index contributed by atoms with van der Waals surface area (Å²) in [6.45, 7) is 5.75. The van der Waals surface area contributed by atoms with E-state index in [9.17, 15) is 0 Å². The van der Waals surface area contributed by atoms with Crippen LogP contribution < -0.4 is 0 Å². The number of hydrogen-bond donors (Lipinski definition) is 0. The normalized spacial score (nSPS) is 46.8. The molecule has 1 nitrogen and oxygen atoms in total. The van der Waals surface area contributed by atoms with Crippen LogP contribution in [0.4, 0.5) is 0 Å². The summed E-state index contributed by atoms with van der Waals surface area (Å²) in [4.78, 5) is 4.18. The molecule has 2 aliphatic rings. The zero-order valence-corrected chi connectivity index (χ0v) is 5.39. The predicted octanol–water partition coefficient (Wildman–Crippen LogP) is 1.34. The van der Waals surface area contributed by atoms with Crippen LogP contribution in [0.2, 0.25) is 0 Å². The number of hydrogen-bond acceptors (Lipinski definition) is 1. The largest absolute Gasteiger partial charge is 0.297 e. The van der Waals surface area contributed by atoms with Crippen LogP contribution in [0.1, 0.15) is 13.8 Å². The van der Waals surface area contributed by atoms with Gasteiger partial charge in [0.2, 0.25) is 0 Å². The number of rotatable bonds is 0. The topological polar surface area (TPSA) is 12.4 Å². The molecule has 0 spiro atoms. The molecule has 8 heavy (non-hydrogen) atoms. The summed E-state index contributed by atoms with van der Waals surface area (Å²) in [5.41, 5.74) is 0.613. The van der Waals surface area contributed by atoms with Crippen molar-refractivity contribution in [3.05, 3.63) is 0 Å². The molecule has 1 heterocycles. The van der Waals surface area contributed by atoms with Crippen molar-refractivity contribution in [3.63, 3.8) is 0 Å². The Morgan fingerprint density at radius 1 is 1.62 bits per heavy atom. The van der Waals surface area contributed by atoms with Crippen LogP contribution in [-0.2, 0) is 0 Å². The van der Waals surface area contributed by atoms with Gasteiger partial charge in [0, 0.05) is 18.7 Å². The Morgan fingerprint density at radius 3 is 2.62 bits per heavy atom. The van der Waals surface area contributed by atoms with Gasteiger partial charge in [-0.3, -0.25) is 4.99 Å². The lowest BCUT2D eigenvalue weighted by atomic mass is 10.1. The van der Waals surface area contributed by atoms with Crippen molar-refractivity contribution in [2.75, 3.05) is 6.54 Å². The van der Waals surface area contributed by atoms with E-state index in [0.29, 0.717) is 5.41 Å². The maximum atomic E-state index is 4.18.